The van der Waals surface area contributed by atoms with Crippen molar-refractivity contribution < 1.29 is 18.7 Å². The summed E-state index contributed by atoms with van der Waals surface area (Å²) in [5.74, 6) is 0.834. The van der Waals surface area contributed by atoms with Crippen LogP contribution in [-0.4, -0.2) is 44.4 Å². The zero-order chi connectivity index (χ0) is 25.1. The molecule has 0 aliphatic heterocycles. The van der Waals surface area contributed by atoms with Gasteiger partial charge in [-0.2, -0.15) is 10.1 Å². The van der Waals surface area contributed by atoms with Crippen LogP contribution in [0.4, 0.5) is 23.1 Å². The molecule has 0 spiro atoms. The number of fused-ring (bicyclic) bond motifs is 1. The number of nitrogens with one attached hydrogen (secondary N) is 2. The second-order valence-corrected chi connectivity index (χ2v) is 7.70. The summed E-state index contributed by atoms with van der Waals surface area (Å²) in [7, 11) is 3.35. The van der Waals surface area contributed by atoms with Crippen LogP contribution in [0, 0.1) is 0 Å². The van der Waals surface area contributed by atoms with Gasteiger partial charge in [0.25, 0.3) is 0 Å². The number of rotatable bonds is 8. The van der Waals surface area contributed by atoms with Crippen molar-refractivity contribution in [2.24, 2.45) is 7.05 Å². The number of carbonyl (C=O) groups is 1. The van der Waals surface area contributed by atoms with Crippen LogP contribution >= 0.6 is 0 Å². The lowest BCUT2D eigenvalue weighted by Crippen LogP contribution is -2.12. The summed E-state index contributed by atoms with van der Waals surface area (Å²) in [6.45, 7) is 1.95. The summed E-state index contributed by atoms with van der Waals surface area (Å²) < 4.78 is 18.5. The van der Waals surface area contributed by atoms with Crippen LogP contribution in [0.2, 0.25) is 0 Å². The van der Waals surface area contributed by atoms with E-state index in [1.54, 1.807) is 44.2 Å². The summed E-state index contributed by atoms with van der Waals surface area (Å²) in [6.07, 6.45) is 4.83. The average molecular weight is 486 g/mol. The highest BCUT2D eigenvalue weighted by molar-refractivity contribution is 5.96. The standard InChI is InChI=1S/C25H23N7O4/c1-4-35-24(33)17-13-26-25(28-15-12-27-32(2)14-15)31-22(17)29-19-10-7-8-16(21(19)34-3)23-30-18-9-5-6-11-20(18)36-23/h5-14H,4H2,1-3H3,(H2,26,28,29,31). The molecule has 5 rings (SSSR count). The molecule has 0 unspecified atom stereocenters. The minimum absolute atomic E-state index is 0.169. The molecule has 2 N–H and O–H groups in total. The minimum atomic E-state index is -0.554. The second-order valence-electron chi connectivity index (χ2n) is 7.70. The van der Waals surface area contributed by atoms with E-state index in [4.69, 9.17) is 13.9 Å². The smallest absolute Gasteiger partial charge is 0.343 e. The highest BCUT2D eigenvalue weighted by Crippen LogP contribution is 2.38. The highest BCUT2D eigenvalue weighted by atomic mass is 16.5. The molecular formula is C25H23N7O4. The number of hydrogen-bond donors (Lipinski definition) is 2. The van der Waals surface area contributed by atoms with Gasteiger partial charge in [-0.25, -0.2) is 14.8 Å². The summed E-state index contributed by atoms with van der Waals surface area (Å²) in [5.41, 5.74) is 3.46. The molecule has 0 atom stereocenters. The van der Waals surface area contributed by atoms with Crippen molar-refractivity contribution >= 4 is 40.2 Å². The third-order valence-electron chi connectivity index (χ3n) is 5.24. The average Bonchev–Trinajstić information content (AvgIpc) is 3.50. The summed E-state index contributed by atoms with van der Waals surface area (Å²) >= 11 is 0. The Morgan fingerprint density at radius 3 is 2.69 bits per heavy atom. The molecule has 182 valence electrons. The Kier molecular flexibility index (Phi) is 6.18. The van der Waals surface area contributed by atoms with Gasteiger partial charge in [-0.1, -0.05) is 18.2 Å². The fourth-order valence-electron chi connectivity index (χ4n) is 3.65. The molecule has 0 amide bonds. The molecule has 5 aromatic rings. The number of methoxy groups -OCH3 is 1. The van der Waals surface area contributed by atoms with Crippen molar-refractivity contribution in [3.8, 4) is 17.2 Å². The lowest BCUT2D eigenvalue weighted by Gasteiger charge is -2.15. The van der Waals surface area contributed by atoms with E-state index in [1.807, 2.05) is 36.4 Å². The molecule has 11 nitrogen and oxygen atoms in total. The van der Waals surface area contributed by atoms with Gasteiger partial charge in [-0.05, 0) is 31.2 Å². The number of aryl methyl sites for hydroxylation is 1. The maximum absolute atomic E-state index is 12.6. The lowest BCUT2D eigenvalue weighted by atomic mass is 10.1. The summed E-state index contributed by atoms with van der Waals surface area (Å²) in [6, 6.07) is 13.0. The fourth-order valence-corrected chi connectivity index (χ4v) is 3.65. The van der Waals surface area contributed by atoms with Gasteiger partial charge in [0.15, 0.2) is 17.2 Å². The number of carbonyl (C=O) groups excluding carboxylic acids is 1. The molecule has 11 heteroatoms. The number of benzene rings is 2. The molecule has 0 aliphatic carbocycles. The van der Waals surface area contributed by atoms with Crippen molar-refractivity contribution in [2.45, 2.75) is 6.92 Å². The van der Waals surface area contributed by atoms with Crippen LogP contribution in [0.15, 0.2) is 65.5 Å². The van der Waals surface area contributed by atoms with E-state index in [0.29, 0.717) is 34.2 Å². The molecule has 3 heterocycles. The van der Waals surface area contributed by atoms with E-state index >= 15 is 0 Å². The fraction of sp³-hybridized carbons (Fsp3) is 0.160. The number of para-hydroxylation sites is 3. The number of anilines is 4. The predicted molar refractivity (Wildman–Crippen MR) is 134 cm³/mol. The Morgan fingerprint density at radius 2 is 1.94 bits per heavy atom. The van der Waals surface area contributed by atoms with E-state index in [0.717, 1.165) is 5.52 Å². The maximum atomic E-state index is 12.6. The van der Waals surface area contributed by atoms with Crippen LogP contribution in [0.3, 0.4) is 0 Å². The monoisotopic (exact) mass is 485 g/mol. The van der Waals surface area contributed by atoms with Gasteiger partial charge in [0.05, 0.1) is 36.9 Å². The van der Waals surface area contributed by atoms with Crippen molar-refractivity contribution in [3.05, 3.63) is 66.6 Å². The number of aromatic nitrogens is 5. The van der Waals surface area contributed by atoms with Crippen molar-refractivity contribution in [2.75, 3.05) is 24.4 Å². The summed E-state index contributed by atoms with van der Waals surface area (Å²) in [4.78, 5) is 26.0. The van der Waals surface area contributed by atoms with E-state index in [-0.39, 0.29) is 23.9 Å². The van der Waals surface area contributed by atoms with Crippen LogP contribution in [0.25, 0.3) is 22.6 Å². The third-order valence-corrected chi connectivity index (χ3v) is 5.24. The molecule has 0 saturated carbocycles. The van der Waals surface area contributed by atoms with Gasteiger partial charge < -0.3 is 24.5 Å². The molecule has 0 saturated heterocycles. The summed E-state index contributed by atoms with van der Waals surface area (Å²) in [5, 5.41) is 10.4. The highest BCUT2D eigenvalue weighted by Gasteiger charge is 2.21. The SMILES string of the molecule is CCOC(=O)c1cnc(Nc2cnn(C)c2)nc1Nc1cccc(-c2nc3ccccc3o2)c1OC. The number of esters is 1. The van der Waals surface area contributed by atoms with Crippen LogP contribution in [0.1, 0.15) is 17.3 Å². The number of ether oxygens (including phenoxy) is 2. The minimum Gasteiger partial charge on any atom is -0.494 e. The van der Waals surface area contributed by atoms with E-state index in [9.17, 15) is 4.79 Å². The first-order valence-electron chi connectivity index (χ1n) is 11.2. The van der Waals surface area contributed by atoms with E-state index in [2.05, 4.69) is 30.7 Å². The van der Waals surface area contributed by atoms with Gasteiger partial charge in [0, 0.05) is 19.4 Å². The first-order valence-corrected chi connectivity index (χ1v) is 11.2. The second kappa shape index (κ2) is 9.74. The Morgan fingerprint density at radius 1 is 1.08 bits per heavy atom. The van der Waals surface area contributed by atoms with Crippen molar-refractivity contribution in [3.63, 3.8) is 0 Å². The first kappa shape index (κ1) is 22.8. The predicted octanol–water partition coefficient (Wildman–Crippen LogP) is 4.69. The Hall–Kier alpha value is -4.93. The third kappa shape index (κ3) is 4.53. The zero-order valence-electron chi connectivity index (χ0n) is 19.8. The molecule has 36 heavy (non-hydrogen) atoms. The normalized spacial score (nSPS) is 10.9. The Bertz CT molecular complexity index is 1510. The number of oxazole rings is 1. The Balaban J connectivity index is 1.54. The van der Waals surface area contributed by atoms with Gasteiger partial charge in [-0.15, -0.1) is 0 Å². The molecule has 3 aromatic heterocycles. The number of nitrogens with zero attached hydrogens (tertiary/aromatic N) is 5. The van der Waals surface area contributed by atoms with Crippen LogP contribution in [-0.2, 0) is 11.8 Å². The van der Waals surface area contributed by atoms with Gasteiger partial charge in [0.2, 0.25) is 11.8 Å². The molecule has 0 bridgehead atoms. The maximum Gasteiger partial charge on any atom is 0.343 e. The molecule has 0 fully saturated rings. The van der Waals surface area contributed by atoms with Gasteiger partial charge >= 0.3 is 5.97 Å². The Labute approximate surface area is 206 Å². The topological polar surface area (TPSA) is 129 Å². The van der Waals surface area contributed by atoms with Crippen LogP contribution < -0.4 is 15.4 Å². The molecule has 0 aliphatic rings. The largest absolute Gasteiger partial charge is 0.494 e. The van der Waals surface area contributed by atoms with E-state index in [1.165, 1.54) is 6.20 Å². The lowest BCUT2D eigenvalue weighted by molar-refractivity contribution is 0.0526. The van der Waals surface area contributed by atoms with Crippen LogP contribution in [0.5, 0.6) is 5.75 Å². The van der Waals surface area contributed by atoms with Crippen molar-refractivity contribution in [1.29, 1.82) is 0 Å². The van der Waals surface area contributed by atoms with Gasteiger partial charge in [-0.3, -0.25) is 4.68 Å². The molecule has 2 aromatic carbocycles. The van der Waals surface area contributed by atoms with Crippen molar-refractivity contribution in [1.82, 2.24) is 24.7 Å². The quantitative estimate of drug-likeness (QED) is 0.299. The first-order chi connectivity index (χ1) is 17.6. The van der Waals surface area contributed by atoms with E-state index < -0.39 is 5.97 Å². The zero-order valence-corrected chi connectivity index (χ0v) is 19.8. The molecule has 0 radical (unpaired) electrons. The number of hydrogen-bond acceptors (Lipinski definition) is 10. The van der Waals surface area contributed by atoms with Gasteiger partial charge in [0.1, 0.15) is 11.1 Å². The molecular weight excluding hydrogens is 462 g/mol.